The number of nitrogens with two attached hydrogens (primary N) is 1. The van der Waals surface area contributed by atoms with Crippen LogP contribution in [0.2, 0.25) is 0 Å². The van der Waals surface area contributed by atoms with E-state index in [2.05, 4.69) is 56.9 Å². The molecule has 2 heteroatoms. The molecule has 1 aliphatic rings. The Morgan fingerprint density at radius 2 is 2.05 bits per heavy atom. The summed E-state index contributed by atoms with van der Waals surface area (Å²) in [5, 5.41) is 0. The van der Waals surface area contributed by atoms with Crippen molar-refractivity contribution < 1.29 is 0 Å². The van der Waals surface area contributed by atoms with Crippen molar-refractivity contribution in [1.29, 1.82) is 0 Å². The summed E-state index contributed by atoms with van der Waals surface area (Å²) in [6.07, 6.45) is 3.59. The normalized spacial score (nSPS) is 27.4. The summed E-state index contributed by atoms with van der Waals surface area (Å²) in [5.74, 6) is 0.654. The highest BCUT2D eigenvalue weighted by molar-refractivity contribution is 5.39. The van der Waals surface area contributed by atoms with Crippen LogP contribution in [-0.2, 0) is 5.54 Å². The van der Waals surface area contributed by atoms with Gasteiger partial charge in [0.05, 0.1) is 5.54 Å². The van der Waals surface area contributed by atoms with E-state index in [1.54, 1.807) is 0 Å². The van der Waals surface area contributed by atoms with Crippen LogP contribution >= 0.6 is 0 Å². The third-order valence-corrected chi connectivity index (χ3v) is 5.34. The Bertz CT molecular complexity index is 443. The first kappa shape index (κ1) is 15.5. The van der Waals surface area contributed by atoms with E-state index >= 15 is 0 Å². The molecule has 0 aliphatic heterocycles. The molecule has 0 saturated heterocycles. The maximum atomic E-state index is 6.33. The van der Waals surface area contributed by atoms with Crippen LogP contribution < -0.4 is 5.73 Å². The Hall–Kier alpha value is -0.860. The van der Waals surface area contributed by atoms with E-state index in [1.165, 1.54) is 30.4 Å². The summed E-state index contributed by atoms with van der Waals surface area (Å²) in [7, 11) is 0. The van der Waals surface area contributed by atoms with Crippen molar-refractivity contribution in [3.05, 3.63) is 35.4 Å². The second-order valence-corrected chi connectivity index (χ2v) is 6.31. The smallest absolute Gasteiger partial charge is 0.0588 e. The van der Waals surface area contributed by atoms with Crippen LogP contribution in [0.4, 0.5) is 0 Å². The average molecular weight is 274 g/mol. The van der Waals surface area contributed by atoms with Gasteiger partial charge < -0.3 is 5.73 Å². The van der Waals surface area contributed by atoms with Crippen molar-refractivity contribution in [1.82, 2.24) is 4.90 Å². The van der Waals surface area contributed by atoms with Crippen molar-refractivity contribution in [3.8, 4) is 0 Å². The van der Waals surface area contributed by atoms with E-state index in [9.17, 15) is 0 Å². The molecule has 2 nitrogen and oxygen atoms in total. The van der Waals surface area contributed by atoms with Crippen LogP contribution in [0.5, 0.6) is 0 Å². The summed E-state index contributed by atoms with van der Waals surface area (Å²) >= 11 is 0. The van der Waals surface area contributed by atoms with Crippen LogP contribution in [0, 0.1) is 0 Å². The molecule has 0 bridgehead atoms. The van der Waals surface area contributed by atoms with E-state index in [4.69, 9.17) is 5.73 Å². The largest absolute Gasteiger partial charge is 0.328 e. The molecule has 3 unspecified atom stereocenters. The molecule has 1 aliphatic carbocycles. The Labute approximate surface area is 124 Å². The lowest BCUT2D eigenvalue weighted by molar-refractivity contribution is 0.0380. The van der Waals surface area contributed by atoms with Gasteiger partial charge in [-0.1, -0.05) is 45.0 Å². The molecule has 112 valence electrons. The van der Waals surface area contributed by atoms with Crippen molar-refractivity contribution in [2.45, 2.75) is 64.5 Å². The standard InChI is InChI=1S/C18H30N2/c1-5-15(4)20(6-2)18(13-19)12-11-14(3)16-9-7-8-10-17(16)18/h7-10,14-15H,5-6,11-13,19H2,1-4H3. The predicted octanol–water partition coefficient (Wildman–Crippen LogP) is 3.86. The van der Waals surface area contributed by atoms with Gasteiger partial charge in [0.25, 0.3) is 0 Å². The number of likely N-dealkylation sites (N-methyl/N-ethyl adjacent to an activating group) is 1. The van der Waals surface area contributed by atoms with Crippen molar-refractivity contribution in [3.63, 3.8) is 0 Å². The van der Waals surface area contributed by atoms with Gasteiger partial charge in [0.2, 0.25) is 0 Å². The van der Waals surface area contributed by atoms with E-state index in [-0.39, 0.29) is 5.54 Å². The summed E-state index contributed by atoms with van der Waals surface area (Å²) in [6.45, 7) is 11.0. The van der Waals surface area contributed by atoms with E-state index in [0.717, 1.165) is 13.1 Å². The minimum Gasteiger partial charge on any atom is -0.328 e. The molecule has 1 aromatic carbocycles. The molecule has 0 heterocycles. The van der Waals surface area contributed by atoms with Gasteiger partial charge in [-0.2, -0.15) is 0 Å². The molecule has 2 rings (SSSR count). The van der Waals surface area contributed by atoms with Gasteiger partial charge in [0, 0.05) is 12.6 Å². The highest BCUT2D eigenvalue weighted by atomic mass is 15.2. The molecule has 0 fully saturated rings. The molecule has 0 spiro atoms. The van der Waals surface area contributed by atoms with E-state index in [1.807, 2.05) is 0 Å². The number of nitrogens with zero attached hydrogens (tertiary/aromatic N) is 1. The first-order valence-corrected chi connectivity index (χ1v) is 8.16. The van der Waals surface area contributed by atoms with Crippen molar-refractivity contribution >= 4 is 0 Å². The first-order valence-electron chi connectivity index (χ1n) is 8.16. The molecule has 0 aromatic heterocycles. The Kier molecular flexibility index (Phi) is 4.87. The lowest BCUT2D eigenvalue weighted by atomic mass is 9.71. The average Bonchev–Trinajstić information content (AvgIpc) is 2.50. The predicted molar refractivity (Wildman–Crippen MR) is 87.0 cm³/mol. The Balaban J connectivity index is 2.53. The monoisotopic (exact) mass is 274 g/mol. The highest BCUT2D eigenvalue weighted by Crippen LogP contribution is 2.45. The first-order chi connectivity index (χ1) is 9.60. The minimum absolute atomic E-state index is 0.0350. The maximum Gasteiger partial charge on any atom is 0.0588 e. The molecule has 20 heavy (non-hydrogen) atoms. The number of hydrogen-bond acceptors (Lipinski definition) is 2. The van der Waals surface area contributed by atoms with Gasteiger partial charge in [-0.3, -0.25) is 4.90 Å². The summed E-state index contributed by atoms with van der Waals surface area (Å²) < 4.78 is 0. The van der Waals surface area contributed by atoms with E-state index < -0.39 is 0 Å². The number of benzene rings is 1. The van der Waals surface area contributed by atoms with Gasteiger partial charge in [-0.05, 0) is 49.8 Å². The fraction of sp³-hybridized carbons (Fsp3) is 0.667. The molecular weight excluding hydrogens is 244 g/mol. The van der Waals surface area contributed by atoms with Crippen LogP contribution in [0.1, 0.15) is 64.0 Å². The lowest BCUT2D eigenvalue weighted by Crippen LogP contribution is -2.56. The SMILES string of the molecule is CCC(C)N(CC)C1(CN)CCC(C)c2ccccc21. The van der Waals surface area contributed by atoms with Gasteiger partial charge in [-0.15, -0.1) is 0 Å². The molecule has 3 atom stereocenters. The fourth-order valence-corrected chi connectivity index (χ4v) is 3.98. The summed E-state index contributed by atoms with van der Waals surface area (Å²) in [6, 6.07) is 9.52. The Morgan fingerprint density at radius 3 is 2.65 bits per heavy atom. The van der Waals surface area contributed by atoms with Gasteiger partial charge in [0.1, 0.15) is 0 Å². The second-order valence-electron chi connectivity index (χ2n) is 6.31. The summed E-state index contributed by atoms with van der Waals surface area (Å²) in [4.78, 5) is 2.64. The number of rotatable bonds is 5. The summed E-state index contributed by atoms with van der Waals surface area (Å²) in [5.41, 5.74) is 9.34. The molecular formula is C18H30N2. The molecule has 1 aromatic rings. The van der Waals surface area contributed by atoms with E-state index in [0.29, 0.717) is 12.0 Å². The van der Waals surface area contributed by atoms with Crippen molar-refractivity contribution in [2.75, 3.05) is 13.1 Å². The zero-order valence-electron chi connectivity index (χ0n) is 13.5. The number of hydrogen-bond donors (Lipinski definition) is 1. The quantitative estimate of drug-likeness (QED) is 0.883. The Morgan fingerprint density at radius 1 is 1.35 bits per heavy atom. The number of fused-ring (bicyclic) bond motifs is 1. The van der Waals surface area contributed by atoms with Crippen LogP contribution in [0.3, 0.4) is 0 Å². The third-order valence-electron chi connectivity index (χ3n) is 5.34. The van der Waals surface area contributed by atoms with Crippen molar-refractivity contribution in [2.24, 2.45) is 5.73 Å². The zero-order chi connectivity index (χ0) is 14.8. The zero-order valence-corrected chi connectivity index (χ0v) is 13.5. The van der Waals surface area contributed by atoms with Crippen LogP contribution in [-0.4, -0.2) is 24.0 Å². The highest BCUT2D eigenvalue weighted by Gasteiger charge is 2.42. The van der Waals surface area contributed by atoms with Gasteiger partial charge in [0.15, 0.2) is 0 Å². The molecule has 2 N–H and O–H groups in total. The van der Waals surface area contributed by atoms with Crippen LogP contribution in [0.25, 0.3) is 0 Å². The van der Waals surface area contributed by atoms with Gasteiger partial charge >= 0.3 is 0 Å². The fourth-order valence-electron chi connectivity index (χ4n) is 3.98. The molecule has 0 radical (unpaired) electrons. The topological polar surface area (TPSA) is 29.3 Å². The maximum absolute atomic E-state index is 6.33. The van der Waals surface area contributed by atoms with Gasteiger partial charge in [-0.25, -0.2) is 0 Å². The molecule has 0 amide bonds. The second kappa shape index (κ2) is 6.28. The molecule has 0 saturated carbocycles. The minimum atomic E-state index is 0.0350. The lowest BCUT2D eigenvalue weighted by Gasteiger charge is -2.50. The third kappa shape index (κ3) is 2.40. The van der Waals surface area contributed by atoms with Crippen LogP contribution in [0.15, 0.2) is 24.3 Å².